The second-order valence-corrected chi connectivity index (χ2v) is 7.55. The van der Waals surface area contributed by atoms with Gasteiger partial charge < -0.3 is 5.73 Å². The molecule has 0 saturated carbocycles. The van der Waals surface area contributed by atoms with Crippen LogP contribution in [0.4, 0.5) is 5.69 Å². The standard InChI is InChI=1S/C14H24N2O2S2/c1-19-11-7-3-2-6-10-16-20(17,18)12-13-8-4-5-9-14(13)15/h4-5,8-9,16H,2-3,6-7,10-12,15H2,1H3. The summed E-state index contributed by atoms with van der Waals surface area (Å²) in [4.78, 5) is 0. The van der Waals surface area contributed by atoms with E-state index in [0.29, 0.717) is 17.8 Å². The van der Waals surface area contributed by atoms with Gasteiger partial charge in [-0.05, 0) is 36.5 Å². The molecule has 20 heavy (non-hydrogen) atoms. The predicted octanol–water partition coefficient (Wildman–Crippen LogP) is 2.61. The number of anilines is 1. The Balaban J connectivity index is 2.27. The SMILES string of the molecule is CSCCCCCCNS(=O)(=O)Cc1ccccc1N. The van der Waals surface area contributed by atoms with E-state index in [9.17, 15) is 8.42 Å². The quantitative estimate of drug-likeness (QED) is 0.514. The summed E-state index contributed by atoms with van der Waals surface area (Å²) in [6.45, 7) is 0.508. The lowest BCUT2D eigenvalue weighted by molar-refractivity contribution is 0.573. The number of hydrogen-bond acceptors (Lipinski definition) is 4. The zero-order valence-electron chi connectivity index (χ0n) is 12.0. The molecule has 0 bridgehead atoms. The Hall–Kier alpha value is -0.720. The average Bonchev–Trinajstić information content (AvgIpc) is 2.40. The molecule has 4 nitrogen and oxygen atoms in total. The Morgan fingerprint density at radius 1 is 1.15 bits per heavy atom. The average molecular weight is 316 g/mol. The smallest absolute Gasteiger partial charge is 0.215 e. The van der Waals surface area contributed by atoms with Gasteiger partial charge in [-0.3, -0.25) is 0 Å². The molecule has 0 unspecified atom stereocenters. The van der Waals surface area contributed by atoms with E-state index in [1.165, 1.54) is 12.2 Å². The first-order valence-corrected chi connectivity index (χ1v) is 9.89. The van der Waals surface area contributed by atoms with Crippen LogP contribution in [0.2, 0.25) is 0 Å². The minimum absolute atomic E-state index is 0.0495. The topological polar surface area (TPSA) is 72.2 Å². The van der Waals surface area contributed by atoms with Crippen molar-refractivity contribution in [3.8, 4) is 0 Å². The zero-order chi connectivity index (χ0) is 14.8. The normalized spacial score (nSPS) is 11.7. The van der Waals surface area contributed by atoms with Crippen LogP contribution in [0.5, 0.6) is 0 Å². The Morgan fingerprint density at radius 3 is 2.55 bits per heavy atom. The summed E-state index contributed by atoms with van der Waals surface area (Å²) >= 11 is 1.85. The molecule has 0 amide bonds. The second kappa shape index (κ2) is 9.26. The Labute approximate surface area is 126 Å². The van der Waals surface area contributed by atoms with Crippen LogP contribution in [-0.4, -0.2) is 27.0 Å². The molecule has 0 fully saturated rings. The van der Waals surface area contributed by atoms with Gasteiger partial charge >= 0.3 is 0 Å². The minimum atomic E-state index is -3.29. The molecule has 0 heterocycles. The van der Waals surface area contributed by atoms with E-state index in [1.54, 1.807) is 24.3 Å². The number of thioether (sulfide) groups is 1. The lowest BCUT2D eigenvalue weighted by atomic mass is 10.2. The number of nitrogens with one attached hydrogen (secondary N) is 1. The van der Waals surface area contributed by atoms with Crippen LogP contribution in [-0.2, 0) is 15.8 Å². The van der Waals surface area contributed by atoms with Gasteiger partial charge in [0.15, 0.2) is 0 Å². The van der Waals surface area contributed by atoms with E-state index >= 15 is 0 Å². The molecular weight excluding hydrogens is 292 g/mol. The molecule has 3 N–H and O–H groups in total. The fourth-order valence-electron chi connectivity index (χ4n) is 1.87. The monoisotopic (exact) mass is 316 g/mol. The molecule has 1 aromatic rings. The summed E-state index contributed by atoms with van der Waals surface area (Å²) in [6.07, 6.45) is 6.42. The van der Waals surface area contributed by atoms with Gasteiger partial charge in [0, 0.05) is 12.2 Å². The highest BCUT2D eigenvalue weighted by atomic mass is 32.2. The fraction of sp³-hybridized carbons (Fsp3) is 0.571. The van der Waals surface area contributed by atoms with Crippen molar-refractivity contribution in [2.45, 2.75) is 31.4 Å². The van der Waals surface area contributed by atoms with E-state index in [4.69, 9.17) is 5.73 Å². The summed E-state index contributed by atoms with van der Waals surface area (Å²) in [7, 11) is -3.29. The molecule has 0 aliphatic rings. The third kappa shape index (κ3) is 7.17. The third-order valence-electron chi connectivity index (χ3n) is 3.00. The molecule has 1 rings (SSSR count). The summed E-state index contributed by atoms with van der Waals surface area (Å²) in [6, 6.07) is 7.06. The van der Waals surface area contributed by atoms with Crippen molar-refractivity contribution in [2.24, 2.45) is 0 Å². The van der Waals surface area contributed by atoms with E-state index < -0.39 is 10.0 Å². The van der Waals surface area contributed by atoms with Gasteiger partial charge in [0.25, 0.3) is 0 Å². The summed E-state index contributed by atoms with van der Waals surface area (Å²) in [5.41, 5.74) is 6.93. The zero-order valence-corrected chi connectivity index (χ0v) is 13.6. The highest BCUT2D eigenvalue weighted by molar-refractivity contribution is 7.98. The Morgan fingerprint density at radius 2 is 1.85 bits per heavy atom. The lowest BCUT2D eigenvalue weighted by Crippen LogP contribution is -2.26. The van der Waals surface area contributed by atoms with Crippen LogP contribution in [0.1, 0.15) is 31.2 Å². The van der Waals surface area contributed by atoms with E-state index in [2.05, 4.69) is 11.0 Å². The van der Waals surface area contributed by atoms with E-state index in [-0.39, 0.29) is 5.75 Å². The number of rotatable bonds is 10. The van der Waals surface area contributed by atoms with Gasteiger partial charge in [-0.1, -0.05) is 31.0 Å². The van der Waals surface area contributed by atoms with Crippen molar-refractivity contribution in [1.82, 2.24) is 4.72 Å². The number of sulfonamides is 1. The summed E-state index contributed by atoms with van der Waals surface area (Å²) < 4.78 is 26.5. The van der Waals surface area contributed by atoms with Crippen molar-refractivity contribution < 1.29 is 8.42 Å². The molecule has 1 aromatic carbocycles. The second-order valence-electron chi connectivity index (χ2n) is 4.76. The first kappa shape index (κ1) is 17.3. The van der Waals surface area contributed by atoms with Gasteiger partial charge in [0.2, 0.25) is 10.0 Å². The highest BCUT2D eigenvalue weighted by Gasteiger charge is 2.12. The van der Waals surface area contributed by atoms with E-state index in [0.717, 1.165) is 19.3 Å². The molecule has 114 valence electrons. The molecule has 0 aromatic heterocycles. The van der Waals surface area contributed by atoms with Crippen molar-refractivity contribution in [3.63, 3.8) is 0 Å². The predicted molar refractivity (Wildman–Crippen MR) is 88.3 cm³/mol. The lowest BCUT2D eigenvalue weighted by Gasteiger charge is -2.08. The van der Waals surface area contributed by atoms with Crippen LogP contribution in [0.3, 0.4) is 0 Å². The highest BCUT2D eigenvalue weighted by Crippen LogP contribution is 2.13. The van der Waals surface area contributed by atoms with Crippen LogP contribution < -0.4 is 10.5 Å². The maximum absolute atomic E-state index is 11.9. The molecule has 0 aliphatic heterocycles. The largest absolute Gasteiger partial charge is 0.398 e. The third-order valence-corrected chi connectivity index (χ3v) is 5.03. The number of nitrogen functional groups attached to an aromatic ring is 1. The molecule has 0 radical (unpaired) electrons. The van der Waals surface area contributed by atoms with Crippen LogP contribution in [0.25, 0.3) is 0 Å². The molecule has 6 heteroatoms. The Kier molecular flexibility index (Phi) is 8.02. The number of unbranched alkanes of at least 4 members (excludes halogenated alkanes) is 3. The van der Waals surface area contributed by atoms with Crippen molar-refractivity contribution in [2.75, 3.05) is 24.3 Å². The fourth-order valence-corrected chi connectivity index (χ4v) is 3.60. The molecule has 0 atom stereocenters. The Bertz CT molecular complexity index is 490. The molecule has 0 saturated heterocycles. The maximum atomic E-state index is 11.9. The van der Waals surface area contributed by atoms with Gasteiger partial charge in [0.1, 0.15) is 0 Å². The van der Waals surface area contributed by atoms with Crippen LogP contribution in [0.15, 0.2) is 24.3 Å². The van der Waals surface area contributed by atoms with Gasteiger partial charge in [-0.15, -0.1) is 0 Å². The first-order chi connectivity index (χ1) is 9.55. The number of benzene rings is 1. The maximum Gasteiger partial charge on any atom is 0.215 e. The number of nitrogens with two attached hydrogens (primary N) is 1. The number of para-hydroxylation sites is 1. The van der Waals surface area contributed by atoms with Gasteiger partial charge in [-0.2, -0.15) is 11.8 Å². The number of hydrogen-bond donors (Lipinski definition) is 2. The first-order valence-electron chi connectivity index (χ1n) is 6.85. The van der Waals surface area contributed by atoms with Crippen LogP contribution in [0, 0.1) is 0 Å². The van der Waals surface area contributed by atoms with Crippen LogP contribution >= 0.6 is 11.8 Å². The van der Waals surface area contributed by atoms with Crippen molar-refractivity contribution >= 4 is 27.5 Å². The summed E-state index contributed by atoms with van der Waals surface area (Å²) in [5, 5.41) is 0. The van der Waals surface area contributed by atoms with E-state index in [1.807, 2.05) is 11.8 Å². The molecule has 0 aliphatic carbocycles. The molecular formula is C14H24N2O2S2. The van der Waals surface area contributed by atoms with Gasteiger partial charge in [-0.25, -0.2) is 13.1 Å². The molecule has 0 spiro atoms. The minimum Gasteiger partial charge on any atom is -0.398 e. The van der Waals surface area contributed by atoms with Crippen molar-refractivity contribution in [1.29, 1.82) is 0 Å². The van der Waals surface area contributed by atoms with Crippen molar-refractivity contribution in [3.05, 3.63) is 29.8 Å². The summed E-state index contributed by atoms with van der Waals surface area (Å²) in [5.74, 6) is 1.13. The van der Waals surface area contributed by atoms with Gasteiger partial charge in [0.05, 0.1) is 5.75 Å².